The molecule has 5 heteroatoms. The zero-order valence-corrected chi connectivity index (χ0v) is 14.2. The molecule has 1 unspecified atom stereocenters. The van der Waals surface area contributed by atoms with Crippen molar-refractivity contribution >= 4 is 5.91 Å². The number of hydrogen-bond donors (Lipinski definition) is 1. The lowest BCUT2D eigenvalue weighted by Gasteiger charge is -2.29. The summed E-state index contributed by atoms with van der Waals surface area (Å²) in [4.78, 5) is 14.1. The van der Waals surface area contributed by atoms with E-state index in [4.69, 9.17) is 15.2 Å². The number of carbonyl (C=O) groups excluding carboxylic acids is 1. The average Bonchev–Trinajstić information content (AvgIpc) is 2.59. The van der Waals surface area contributed by atoms with Gasteiger partial charge in [0, 0.05) is 26.8 Å². The molecule has 0 aromatic heterocycles. The Hall–Kier alpha value is -1.59. The van der Waals surface area contributed by atoms with E-state index in [2.05, 4.69) is 0 Å². The minimum Gasteiger partial charge on any atom is -0.493 e. The molecule has 0 bridgehead atoms. The molecule has 0 aliphatic carbocycles. The lowest BCUT2D eigenvalue weighted by Crippen LogP contribution is -2.48. The summed E-state index contributed by atoms with van der Waals surface area (Å²) in [7, 11) is 1.81. The van der Waals surface area contributed by atoms with Gasteiger partial charge in [0.25, 0.3) is 0 Å². The summed E-state index contributed by atoms with van der Waals surface area (Å²) in [6.45, 7) is 4.69. The number of para-hydroxylation sites is 1. The van der Waals surface area contributed by atoms with Gasteiger partial charge in [-0.1, -0.05) is 18.2 Å². The first-order valence-corrected chi connectivity index (χ1v) is 8.36. The molecule has 23 heavy (non-hydrogen) atoms. The average molecular weight is 320 g/mol. The van der Waals surface area contributed by atoms with E-state index in [1.807, 2.05) is 38.2 Å². The molecule has 1 aliphatic heterocycles. The molecule has 1 amide bonds. The number of hydrogen-bond acceptors (Lipinski definition) is 4. The van der Waals surface area contributed by atoms with Gasteiger partial charge in [-0.3, -0.25) is 4.79 Å². The van der Waals surface area contributed by atoms with E-state index in [9.17, 15) is 4.79 Å². The number of ether oxygens (including phenoxy) is 2. The summed E-state index contributed by atoms with van der Waals surface area (Å²) in [5.41, 5.74) is 7.25. The van der Waals surface area contributed by atoms with Crippen molar-refractivity contribution in [1.29, 1.82) is 0 Å². The third-order valence-electron chi connectivity index (χ3n) is 4.42. The molecular formula is C18H28N2O3. The standard InChI is InChI=1S/C18H28N2O3/c1-14-6-3-4-7-16(14)23-11-5-10-20(2)18(21)17(19)15-8-12-22-13-9-15/h3-4,6-7,15,17H,5,8-13,19H2,1-2H3. The topological polar surface area (TPSA) is 64.8 Å². The number of likely N-dealkylation sites (N-methyl/N-ethyl adjacent to an activating group) is 1. The van der Waals surface area contributed by atoms with Gasteiger partial charge < -0.3 is 20.1 Å². The van der Waals surface area contributed by atoms with Crippen LogP contribution in [0.1, 0.15) is 24.8 Å². The van der Waals surface area contributed by atoms with E-state index >= 15 is 0 Å². The summed E-state index contributed by atoms with van der Waals surface area (Å²) in [5, 5.41) is 0. The van der Waals surface area contributed by atoms with E-state index in [0.717, 1.165) is 30.6 Å². The van der Waals surface area contributed by atoms with Crippen LogP contribution in [0.2, 0.25) is 0 Å². The molecule has 5 nitrogen and oxygen atoms in total. The van der Waals surface area contributed by atoms with E-state index in [-0.39, 0.29) is 11.8 Å². The molecule has 1 atom stereocenters. The highest BCUT2D eigenvalue weighted by atomic mass is 16.5. The molecule has 2 N–H and O–H groups in total. The van der Waals surface area contributed by atoms with E-state index in [1.54, 1.807) is 4.90 Å². The van der Waals surface area contributed by atoms with Gasteiger partial charge in [-0.25, -0.2) is 0 Å². The zero-order chi connectivity index (χ0) is 16.7. The van der Waals surface area contributed by atoms with Crippen LogP contribution in [0.15, 0.2) is 24.3 Å². The lowest BCUT2D eigenvalue weighted by atomic mass is 9.91. The van der Waals surface area contributed by atoms with Crippen molar-refractivity contribution in [2.24, 2.45) is 11.7 Å². The Labute approximate surface area is 138 Å². The third kappa shape index (κ3) is 5.22. The van der Waals surface area contributed by atoms with Crippen molar-refractivity contribution in [3.8, 4) is 5.75 Å². The fourth-order valence-corrected chi connectivity index (χ4v) is 2.84. The van der Waals surface area contributed by atoms with Crippen LogP contribution in [-0.2, 0) is 9.53 Å². The van der Waals surface area contributed by atoms with Crippen LogP contribution in [-0.4, -0.2) is 50.3 Å². The summed E-state index contributed by atoms with van der Waals surface area (Å²) >= 11 is 0. The summed E-state index contributed by atoms with van der Waals surface area (Å²) in [6.07, 6.45) is 2.53. The highest BCUT2D eigenvalue weighted by Gasteiger charge is 2.28. The number of carbonyl (C=O) groups is 1. The van der Waals surface area contributed by atoms with E-state index in [0.29, 0.717) is 26.4 Å². The molecule has 0 spiro atoms. The molecule has 1 saturated heterocycles. The second kappa shape index (κ2) is 8.89. The van der Waals surface area contributed by atoms with Gasteiger partial charge in [0.2, 0.25) is 5.91 Å². The van der Waals surface area contributed by atoms with Gasteiger partial charge in [-0.05, 0) is 43.7 Å². The number of rotatable bonds is 7. The number of benzene rings is 1. The smallest absolute Gasteiger partial charge is 0.239 e. The van der Waals surface area contributed by atoms with Gasteiger partial charge in [0.05, 0.1) is 12.6 Å². The van der Waals surface area contributed by atoms with Crippen molar-refractivity contribution in [3.05, 3.63) is 29.8 Å². The lowest BCUT2D eigenvalue weighted by molar-refractivity contribution is -0.133. The highest BCUT2D eigenvalue weighted by molar-refractivity contribution is 5.81. The van der Waals surface area contributed by atoms with Gasteiger partial charge in [-0.15, -0.1) is 0 Å². The van der Waals surface area contributed by atoms with Gasteiger partial charge in [0.15, 0.2) is 0 Å². The minimum atomic E-state index is -0.416. The van der Waals surface area contributed by atoms with Crippen LogP contribution >= 0.6 is 0 Å². The molecular weight excluding hydrogens is 292 g/mol. The maximum atomic E-state index is 12.4. The molecule has 0 saturated carbocycles. The van der Waals surface area contributed by atoms with Crippen molar-refractivity contribution in [2.75, 3.05) is 33.4 Å². The van der Waals surface area contributed by atoms with Crippen molar-refractivity contribution in [3.63, 3.8) is 0 Å². The molecule has 128 valence electrons. The first-order chi connectivity index (χ1) is 11.1. The fourth-order valence-electron chi connectivity index (χ4n) is 2.84. The summed E-state index contributed by atoms with van der Waals surface area (Å²) in [6, 6.07) is 7.53. The largest absolute Gasteiger partial charge is 0.493 e. The molecule has 1 aliphatic rings. The molecule has 1 heterocycles. The van der Waals surface area contributed by atoms with Gasteiger partial charge in [-0.2, -0.15) is 0 Å². The van der Waals surface area contributed by atoms with Crippen molar-refractivity contribution in [2.45, 2.75) is 32.2 Å². The van der Waals surface area contributed by atoms with Crippen LogP contribution in [0.3, 0.4) is 0 Å². The van der Waals surface area contributed by atoms with Crippen LogP contribution in [0, 0.1) is 12.8 Å². The van der Waals surface area contributed by atoms with E-state index in [1.165, 1.54) is 0 Å². The maximum Gasteiger partial charge on any atom is 0.239 e. The fraction of sp³-hybridized carbons (Fsp3) is 0.611. The molecule has 0 radical (unpaired) electrons. The Morgan fingerprint density at radius 3 is 2.78 bits per heavy atom. The van der Waals surface area contributed by atoms with Crippen LogP contribution in [0.25, 0.3) is 0 Å². The Balaban J connectivity index is 1.70. The van der Waals surface area contributed by atoms with Crippen LogP contribution < -0.4 is 10.5 Å². The second-order valence-corrected chi connectivity index (χ2v) is 6.20. The number of aryl methyl sites for hydroxylation is 1. The normalized spacial score (nSPS) is 16.8. The SMILES string of the molecule is Cc1ccccc1OCCCN(C)C(=O)C(N)C1CCOCC1. The number of amides is 1. The predicted octanol–water partition coefficient (Wildman–Crippen LogP) is 1.98. The first-order valence-electron chi connectivity index (χ1n) is 8.36. The zero-order valence-electron chi connectivity index (χ0n) is 14.2. The third-order valence-corrected chi connectivity index (χ3v) is 4.42. The summed E-state index contributed by atoms with van der Waals surface area (Å²) in [5.74, 6) is 1.16. The Bertz CT molecular complexity index is 501. The first kappa shape index (κ1) is 17.8. The second-order valence-electron chi connectivity index (χ2n) is 6.20. The van der Waals surface area contributed by atoms with Crippen molar-refractivity contribution in [1.82, 2.24) is 4.90 Å². The minimum absolute atomic E-state index is 0.0211. The Morgan fingerprint density at radius 2 is 2.09 bits per heavy atom. The van der Waals surface area contributed by atoms with Crippen molar-refractivity contribution < 1.29 is 14.3 Å². The Kier molecular flexibility index (Phi) is 6.86. The molecule has 2 rings (SSSR count). The van der Waals surface area contributed by atoms with E-state index < -0.39 is 6.04 Å². The monoisotopic (exact) mass is 320 g/mol. The summed E-state index contributed by atoms with van der Waals surface area (Å²) < 4.78 is 11.1. The predicted molar refractivity (Wildman–Crippen MR) is 90.4 cm³/mol. The van der Waals surface area contributed by atoms with Crippen LogP contribution in [0.5, 0.6) is 5.75 Å². The quantitative estimate of drug-likeness (QED) is 0.780. The van der Waals surface area contributed by atoms with Gasteiger partial charge in [0.1, 0.15) is 5.75 Å². The molecule has 1 aromatic rings. The maximum absolute atomic E-state index is 12.4. The number of nitrogens with zero attached hydrogens (tertiary/aromatic N) is 1. The Morgan fingerprint density at radius 1 is 1.39 bits per heavy atom. The van der Waals surface area contributed by atoms with Gasteiger partial charge >= 0.3 is 0 Å². The molecule has 1 fully saturated rings. The number of nitrogens with two attached hydrogens (primary N) is 1. The highest BCUT2D eigenvalue weighted by Crippen LogP contribution is 2.19. The van der Waals surface area contributed by atoms with Crippen LogP contribution in [0.4, 0.5) is 0 Å². The molecule has 1 aromatic carbocycles.